The zero-order chi connectivity index (χ0) is 24.4. The molecule has 0 bridgehead atoms. The van der Waals surface area contributed by atoms with Gasteiger partial charge in [0, 0.05) is 0 Å². The molecule has 0 radical (unpaired) electrons. The number of fused-ring (bicyclic) bond motifs is 1. The summed E-state index contributed by atoms with van der Waals surface area (Å²) in [6.07, 6.45) is 13.5. The Balaban J connectivity index is 1.72. The Bertz CT molecular complexity index is 823. The van der Waals surface area contributed by atoms with Crippen molar-refractivity contribution in [3.63, 3.8) is 0 Å². The van der Waals surface area contributed by atoms with Crippen LogP contribution < -0.4 is 0 Å². The molecular formula is C28H42O5. The van der Waals surface area contributed by atoms with Gasteiger partial charge in [-0.1, -0.05) is 54.5 Å². The van der Waals surface area contributed by atoms with E-state index in [2.05, 4.69) is 25.7 Å². The monoisotopic (exact) mass is 458 g/mol. The zero-order valence-corrected chi connectivity index (χ0v) is 20.7. The summed E-state index contributed by atoms with van der Waals surface area (Å²) in [5.41, 5.74) is 2.72. The molecule has 3 N–H and O–H groups in total. The third-order valence-corrected chi connectivity index (χ3v) is 8.43. The quantitative estimate of drug-likeness (QED) is 0.399. The number of allylic oxidation sites excluding steroid dienone is 5. The number of aliphatic hydroxyl groups excluding tert-OH is 3. The first-order chi connectivity index (χ1) is 15.5. The first kappa shape index (κ1) is 25.9. The molecule has 0 aromatic heterocycles. The molecular weight excluding hydrogens is 416 g/mol. The summed E-state index contributed by atoms with van der Waals surface area (Å²) >= 11 is 0. The number of methoxy groups -OCH3 is 1. The van der Waals surface area contributed by atoms with E-state index in [1.807, 2.05) is 6.08 Å². The molecule has 3 aliphatic rings. The summed E-state index contributed by atoms with van der Waals surface area (Å²) in [6.45, 7) is 10.1. The second-order valence-electron chi connectivity index (χ2n) is 11.2. The molecule has 3 fully saturated rings. The lowest BCUT2D eigenvalue weighted by atomic mass is 9.62. The van der Waals surface area contributed by atoms with Gasteiger partial charge >= 0.3 is 5.97 Å². The van der Waals surface area contributed by atoms with Crippen LogP contribution in [-0.4, -0.2) is 46.7 Å². The maximum absolute atomic E-state index is 12.0. The van der Waals surface area contributed by atoms with Gasteiger partial charge in [-0.25, -0.2) is 0 Å². The van der Waals surface area contributed by atoms with E-state index in [0.29, 0.717) is 31.1 Å². The van der Waals surface area contributed by atoms with Crippen LogP contribution in [-0.2, 0) is 9.53 Å². The van der Waals surface area contributed by atoms with Crippen LogP contribution in [0.1, 0.15) is 72.1 Å². The van der Waals surface area contributed by atoms with E-state index in [0.717, 1.165) is 43.3 Å². The van der Waals surface area contributed by atoms with Crippen LogP contribution in [0.25, 0.3) is 0 Å². The van der Waals surface area contributed by atoms with Gasteiger partial charge in [0.2, 0.25) is 0 Å². The minimum absolute atomic E-state index is 0.123. The summed E-state index contributed by atoms with van der Waals surface area (Å²) < 4.78 is 4.83. The van der Waals surface area contributed by atoms with Crippen LogP contribution in [0.4, 0.5) is 0 Å². The standard InChI is InChI=1S/C28H42O5/c1-18(8-13-25(31)27(2,3)26(32)33-5)23-11-12-24-20(7-6-14-28(23,24)4)10-9-19-15-21(29)17-22(30)16-19/h8-10,13,21-25,29-31H,1,6-7,11-12,14-17H2,2-5H3/t21-,22-,23-,24+,25+,28-/m1/s1. The SMILES string of the molecule is C=C(C=C[C@H](O)C(C)(C)C(=O)OC)[C@H]1CC[C@H]2C(=CC=C3C[C@@H](O)C[C@H](O)C3)CCC[C@]12C. The fourth-order valence-electron chi connectivity index (χ4n) is 6.33. The Morgan fingerprint density at radius 3 is 2.52 bits per heavy atom. The molecule has 5 heteroatoms. The molecule has 184 valence electrons. The first-order valence-corrected chi connectivity index (χ1v) is 12.4. The summed E-state index contributed by atoms with van der Waals surface area (Å²) in [6, 6.07) is 0. The van der Waals surface area contributed by atoms with Crippen molar-refractivity contribution in [1.82, 2.24) is 0 Å². The van der Waals surface area contributed by atoms with E-state index in [4.69, 9.17) is 4.74 Å². The summed E-state index contributed by atoms with van der Waals surface area (Å²) in [4.78, 5) is 12.0. The van der Waals surface area contributed by atoms with Crippen molar-refractivity contribution in [2.45, 2.75) is 90.4 Å². The molecule has 0 amide bonds. The number of carbonyl (C=O) groups excluding carboxylic acids is 1. The van der Waals surface area contributed by atoms with Crippen LogP contribution in [0.5, 0.6) is 0 Å². The predicted molar refractivity (Wildman–Crippen MR) is 130 cm³/mol. The molecule has 3 rings (SSSR count). The number of aliphatic hydroxyl groups is 3. The highest BCUT2D eigenvalue weighted by Gasteiger charge is 2.49. The topological polar surface area (TPSA) is 87.0 Å². The van der Waals surface area contributed by atoms with Gasteiger partial charge in [-0.3, -0.25) is 4.79 Å². The second-order valence-corrected chi connectivity index (χ2v) is 11.2. The first-order valence-electron chi connectivity index (χ1n) is 12.4. The molecule has 0 unspecified atom stereocenters. The van der Waals surface area contributed by atoms with Crippen LogP contribution in [0.2, 0.25) is 0 Å². The molecule has 0 saturated heterocycles. The minimum Gasteiger partial charge on any atom is -0.469 e. The molecule has 5 nitrogen and oxygen atoms in total. The number of rotatable bonds is 6. The van der Waals surface area contributed by atoms with Crippen molar-refractivity contribution in [1.29, 1.82) is 0 Å². The van der Waals surface area contributed by atoms with Gasteiger partial charge in [0.25, 0.3) is 0 Å². The average molecular weight is 459 g/mol. The van der Waals surface area contributed by atoms with Gasteiger partial charge in [-0.2, -0.15) is 0 Å². The molecule has 33 heavy (non-hydrogen) atoms. The van der Waals surface area contributed by atoms with E-state index in [9.17, 15) is 20.1 Å². The number of hydrogen-bond donors (Lipinski definition) is 3. The highest BCUT2D eigenvalue weighted by atomic mass is 16.5. The smallest absolute Gasteiger partial charge is 0.314 e. The highest BCUT2D eigenvalue weighted by Crippen LogP contribution is 2.59. The number of carbonyl (C=O) groups is 1. The third-order valence-electron chi connectivity index (χ3n) is 8.43. The van der Waals surface area contributed by atoms with Crippen molar-refractivity contribution >= 4 is 5.97 Å². The molecule has 0 heterocycles. The minimum atomic E-state index is -1.01. The molecule has 0 aromatic carbocycles. The van der Waals surface area contributed by atoms with Crippen LogP contribution in [0.15, 0.2) is 47.6 Å². The van der Waals surface area contributed by atoms with E-state index in [1.54, 1.807) is 19.9 Å². The summed E-state index contributed by atoms with van der Waals surface area (Å²) in [5.74, 6) is 0.391. The lowest BCUT2D eigenvalue weighted by molar-refractivity contribution is -0.155. The van der Waals surface area contributed by atoms with Crippen molar-refractivity contribution in [2.75, 3.05) is 7.11 Å². The van der Waals surface area contributed by atoms with Crippen LogP contribution in [0.3, 0.4) is 0 Å². The predicted octanol–water partition coefficient (Wildman–Crippen LogP) is 4.63. The fourth-order valence-corrected chi connectivity index (χ4v) is 6.33. The van der Waals surface area contributed by atoms with Crippen LogP contribution >= 0.6 is 0 Å². The van der Waals surface area contributed by atoms with E-state index < -0.39 is 29.7 Å². The van der Waals surface area contributed by atoms with Crippen molar-refractivity contribution in [2.24, 2.45) is 22.7 Å². The molecule has 3 saturated carbocycles. The number of hydrogen-bond acceptors (Lipinski definition) is 5. The summed E-state index contributed by atoms with van der Waals surface area (Å²) in [5, 5.41) is 30.5. The van der Waals surface area contributed by atoms with Crippen LogP contribution in [0, 0.1) is 22.7 Å². The molecule has 0 aromatic rings. The molecule has 0 spiro atoms. The van der Waals surface area contributed by atoms with Crippen molar-refractivity contribution < 1.29 is 24.9 Å². The lowest BCUT2D eigenvalue weighted by Crippen LogP contribution is -2.37. The van der Waals surface area contributed by atoms with E-state index >= 15 is 0 Å². The summed E-state index contributed by atoms with van der Waals surface area (Å²) in [7, 11) is 1.33. The Labute approximate surface area is 198 Å². The van der Waals surface area contributed by atoms with Gasteiger partial charge in [-0.15, -0.1) is 0 Å². The Morgan fingerprint density at radius 1 is 1.21 bits per heavy atom. The second kappa shape index (κ2) is 10.3. The van der Waals surface area contributed by atoms with E-state index in [1.165, 1.54) is 12.7 Å². The fraction of sp³-hybridized carbons (Fsp3) is 0.679. The lowest BCUT2D eigenvalue weighted by Gasteiger charge is -2.42. The average Bonchev–Trinajstić information content (AvgIpc) is 3.11. The van der Waals surface area contributed by atoms with Crippen molar-refractivity contribution in [3.05, 3.63) is 47.6 Å². The maximum atomic E-state index is 12.0. The van der Waals surface area contributed by atoms with Gasteiger partial charge in [-0.05, 0) is 82.5 Å². The maximum Gasteiger partial charge on any atom is 0.314 e. The molecule has 3 aliphatic carbocycles. The van der Waals surface area contributed by atoms with Gasteiger partial charge in [0.05, 0.1) is 30.8 Å². The molecule has 0 aliphatic heterocycles. The van der Waals surface area contributed by atoms with Gasteiger partial charge < -0.3 is 20.1 Å². The van der Waals surface area contributed by atoms with Crippen molar-refractivity contribution in [3.8, 4) is 0 Å². The Hall–Kier alpha value is -1.69. The Morgan fingerprint density at radius 2 is 1.88 bits per heavy atom. The zero-order valence-electron chi connectivity index (χ0n) is 20.7. The number of ether oxygens (including phenoxy) is 1. The Kier molecular flexibility index (Phi) is 8.08. The third kappa shape index (κ3) is 5.52. The molecule has 6 atom stereocenters. The van der Waals surface area contributed by atoms with Gasteiger partial charge in [0.1, 0.15) is 0 Å². The number of esters is 1. The normalized spacial score (nSPS) is 34.9. The van der Waals surface area contributed by atoms with Gasteiger partial charge in [0.15, 0.2) is 0 Å². The van der Waals surface area contributed by atoms with E-state index in [-0.39, 0.29) is 5.41 Å². The highest BCUT2D eigenvalue weighted by molar-refractivity contribution is 5.76. The largest absolute Gasteiger partial charge is 0.469 e.